The van der Waals surface area contributed by atoms with Crippen LogP contribution in [0.4, 0.5) is 0 Å². The van der Waals surface area contributed by atoms with Crippen molar-refractivity contribution in [2.24, 2.45) is 0 Å². The van der Waals surface area contributed by atoms with E-state index in [4.69, 9.17) is 4.74 Å². The zero-order valence-electron chi connectivity index (χ0n) is 7.58. The maximum atomic E-state index is 5.37. The van der Waals surface area contributed by atoms with Gasteiger partial charge in [0.2, 0.25) is 0 Å². The van der Waals surface area contributed by atoms with Crippen molar-refractivity contribution in [3.05, 3.63) is 24.5 Å². The van der Waals surface area contributed by atoms with E-state index in [1.807, 2.05) is 24.7 Å². The third kappa shape index (κ3) is 2.42. The molecule has 0 atom stereocenters. The molecule has 0 amide bonds. The predicted molar refractivity (Wildman–Crippen MR) is 48.2 cm³/mol. The number of aryl methyl sites for hydroxylation is 1. The maximum Gasteiger partial charge on any atom is 0.157 e. The molecular weight excluding hydrogens is 152 g/mol. The van der Waals surface area contributed by atoms with Crippen LogP contribution in [0.25, 0.3) is 0 Å². The van der Waals surface area contributed by atoms with Crippen molar-refractivity contribution in [1.29, 1.82) is 0 Å². The molecule has 3 nitrogen and oxygen atoms in total. The molecule has 1 heterocycles. The Kier molecular flexibility index (Phi) is 2.91. The fraction of sp³-hybridized carbons (Fsp3) is 0.444. The van der Waals surface area contributed by atoms with Crippen LogP contribution in [0.2, 0.25) is 0 Å². The van der Waals surface area contributed by atoms with Crippen LogP contribution in [-0.4, -0.2) is 16.4 Å². The lowest BCUT2D eigenvalue weighted by Gasteiger charge is -2.00. The van der Waals surface area contributed by atoms with Crippen LogP contribution in [0.5, 0.6) is 5.75 Å². The average Bonchev–Trinajstić information content (AvgIpc) is 2.48. The standard InChI is InChI=1S/C9H14N2O/c1-4-11-6-9(5-10-11)12-7-8(2)3/h5-6H,2,4,7H2,1,3H3. The summed E-state index contributed by atoms with van der Waals surface area (Å²) in [4.78, 5) is 0. The highest BCUT2D eigenvalue weighted by Crippen LogP contribution is 2.08. The molecule has 0 aromatic carbocycles. The van der Waals surface area contributed by atoms with Gasteiger partial charge in [-0.05, 0) is 19.4 Å². The van der Waals surface area contributed by atoms with Crippen LogP contribution in [0.3, 0.4) is 0 Å². The van der Waals surface area contributed by atoms with E-state index in [0.717, 1.165) is 17.9 Å². The second kappa shape index (κ2) is 3.95. The first kappa shape index (κ1) is 8.84. The first-order chi connectivity index (χ1) is 5.72. The summed E-state index contributed by atoms with van der Waals surface area (Å²) in [7, 11) is 0. The van der Waals surface area contributed by atoms with Gasteiger partial charge in [0.25, 0.3) is 0 Å². The molecule has 3 heteroatoms. The molecule has 0 unspecified atom stereocenters. The van der Waals surface area contributed by atoms with Crippen LogP contribution in [0, 0.1) is 0 Å². The largest absolute Gasteiger partial charge is 0.486 e. The van der Waals surface area contributed by atoms with E-state index in [1.54, 1.807) is 6.20 Å². The summed E-state index contributed by atoms with van der Waals surface area (Å²) >= 11 is 0. The van der Waals surface area contributed by atoms with E-state index in [0.29, 0.717) is 6.61 Å². The Bertz CT molecular complexity index is 265. The molecule has 66 valence electrons. The van der Waals surface area contributed by atoms with Crippen molar-refractivity contribution in [2.45, 2.75) is 20.4 Å². The SMILES string of the molecule is C=C(C)COc1cnn(CC)c1. The van der Waals surface area contributed by atoms with Crippen LogP contribution >= 0.6 is 0 Å². The highest BCUT2D eigenvalue weighted by molar-refractivity contribution is 5.12. The average molecular weight is 166 g/mol. The Balaban J connectivity index is 2.47. The molecule has 1 aromatic heterocycles. The summed E-state index contributed by atoms with van der Waals surface area (Å²) in [6, 6.07) is 0. The Hall–Kier alpha value is -1.25. The quantitative estimate of drug-likeness (QED) is 0.638. The minimum atomic E-state index is 0.565. The van der Waals surface area contributed by atoms with Crippen LogP contribution in [0.1, 0.15) is 13.8 Å². The number of hydrogen-bond acceptors (Lipinski definition) is 2. The van der Waals surface area contributed by atoms with E-state index in [2.05, 4.69) is 11.7 Å². The minimum Gasteiger partial charge on any atom is -0.486 e. The van der Waals surface area contributed by atoms with E-state index in [1.165, 1.54) is 0 Å². The van der Waals surface area contributed by atoms with Crippen LogP contribution in [-0.2, 0) is 6.54 Å². The van der Waals surface area contributed by atoms with Gasteiger partial charge in [-0.15, -0.1) is 0 Å². The van der Waals surface area contributed by atoms with E-state index in [-0.39, 0.29) is 0 Å². The van der Waals surface area contributed by atoms with Crippen LogP contribution in [0.15, 0.2) is 24.5 Å². The molecule has 12 heavy (non-hydrogen) atoms. The number of rotatable bonds is 4. The molecular formula is C9H14N2O. The van der Waals surface area contributed by atoms with Gasteiger partial charge in [-0.3, -0.25) is 4.68 Å². The molecule has 0 aliphatic carbocycles. The van der Waals surface area contributed by atoms with Crippen molar-refractivity contribution in [1.82, 2.24) is 9.78 Å². The zero-order chi connectivity index (χ0) is 8.97. The van der Waals surface area contributed by atoms with Gasteiger partial charge in [0.15, 0.2) is 5.75 Å². The summed E-state index contributed by atoms with van der Waals surface area (Å²) in [5, 5.41) is 4.07. The molecule has 0 radical (unpaired) electrons. The van der Waals surface area contributed by atoms with Gasteiger partial charge in [-0.25, -0.2) is 0 Å². The van der Waals surface area contributed by atoms with E-state index >= 15 is 0 Å². The molecule has 0 spiro atoms. The maximum absolute atomic E-state index is 5.37. The lowest BCUT2D eigenvalue weighted by atomic mass is 10.4. The molecule has 0 fully saturated rings. The monoisotopic (exact) mass is 166 g/mol. The van der Waals surface area contributed by atoms with Gasteiger partial charge < -0.3 is 4.74 Å². The van der Waals surface area contributed by atoms with E-state index < -0.39 is 0 Å². The van der Waals surface area contributed by atoms with Gasteiger partial charge in [0.1, 0.15) is 6.61 Å². The minimum absolute atomic E-state index is 0.565. The summed E-state index contributed by atoms with van der Waals surface area (Å²) < 4.78 is 7.19. The van der Waals surface area contributed by atoms with Gasteiger partial charge in [-0.2, -0.15) is 5.10 Å². The number of aromatic nitrogens is 2. The fourth-order valence-corrected chi connectivity index (χ4v) is 0.799. The Morgan fingerprint density at radius 1 is 1.75 bits per heavy atom. The predicted octanol–water partition coefficient (Wildman–Crippen LogP) is 1.86. The topological polar surface area (TPSA) is 27.1 Å². The zero-order valence-corrected chi connectivity index (χ0v) is 7.58. The van der Waals surface area contributed by atoms with Crippen molar-refractivity contribution < 1.29 is 4.74 Å². The molecule has 0 N–H and O–H groups in total. The first-order valence-electron chi connectivity index (χ1n) is 4.02. The highest BCUT2D eigenvalue weighted by atomic mass is 16.5. The van der Waals surface area contributed by atoms with Crippen LogP contribution < -0.4 is 4.74 Å². The summed E-state index contributed by atoms with van der Waals surface area (Å²) in [6.45, 7) is 9.15. The van der Waals surface area contributed by atoms with E-state index in [9.17, 15) is 0 Å². The van der Waals surface area contributed by atoms with Gasteiger partial charge in [0.05, 0.1) is 12.4 Å². The van der Waals surface area contributed by atoms with Crippen molar-refractivity contribution in [2.75, 3.05) is 6.61 Å². The summed E-state index contributed by atoms with van der Waals surface area (Å²) in [5.74, 6) is 0.805. The van der Waals surface area contributed by atoms with Gasteiger partial charge in [-0.1, -0.05) is 6.58 Å². The lowest BCUT2D eigenvalue weighted by molar-refractivity contribution is 0.352. The summed E-state index contributed by atoms with van der Waals surface area (Å²) in [5.41, 5.74) is 1.01. The normalized spacial score (nSPS) is 9.83. The van der Waals surface area contributed by atoms with Crippen molar-refractivity contribution in [3.63, 3.8) is 0 Å². The number of nitrogens with zero attached hydrogens (tertiary/aromatic N) is 2. The smallest absolute Gasteiger partial charge is 0.157 e. The molecule has 0 saturated heterocycles. The third-order valence-electron chi connectivity index (χ3n) is 1.42. The Morgan fingerprint density at radius 2 is 2.50 bits per heavy atom. The van der Waals surface area contributed by atoms with Gasteiger partial charge >= 0.3 is 0 Å². The highest BCUT2D eigenvalue weighted by Gasteiger charge is 1.96. The van der Waals surface area contributed by atoms with Crippen molar-refractivity contribution >= 4 is 0 Å². The fourth-order valence-electron chi connectivity index (χ4n) is 0.799. The second-order valence-electron chi connectivity index (χ2n) is 2.78. The first-order valence-corrected chi connectivity index (χ1v) is 4.02. The Morgan fingerprint density at radius 3 is 3.00 bits per heavy atom. The van der Waals surface area contributed by atoms with Crippen molar-refractivity contribution in [3.8, 4) is 5.75 Å². The Labute approximate surface area is 72.7 Å². The van der Waals surface area contributed by atoms with Gasteiger partial charge in [0, 0.05) is 6.54 Å². The molecule has 0 aliphatic rings. The molecule has 1 rings (SSSR count). The molecule has 0 bridgehead atoms. The molecule has 0 saturated carbocycles. The third-order valence-corrected chi connectivity index (χ3v) is 1.42. The number of ether oxygens (including phenoxy) is 1. The summed E-state index contributed by atoms with van der Waals surface area (Å²) in [6.07, 6.45) is 3.59. The molecule has 0 aliphatic heterocycles. The molecule has 1 aromatic rings. The second-order valence-corrected chi connectivity index (χ2v) is 2.78. The lowest BCUT2D eigenvalue weighted by Crippen LogP contribution is -1.96. The number of hydrogen-bond donors (Lipinski definition) is 0.